The van der Waals surface area contributed by atoms with E-state index in [0.717, 1.165) is 28.1 Å². The highest BCUT2D eigenvalue weighted by Crippen LogP contribution is 2.24. The molecule has 0 aromatic carbocycles. The lowest BCUT2D eigenvalue weighted by Gasteiger charge is -2.09. The van der Waals surface area contributed by atoms with Crippen molar-refractivity contribution in [2.24, 2.45) is 5.92 Å². The van der Waals surface area contributed by atoms with E-state index in [2.05, 4.69) is 50.0 Å². The minimum Gasteiger partial charge on any atom is -0.373 e. The summed E-state index contributed by atoms with van der Waals surface area (Å²) in [7, 11) is 1.86. The van der Waals surface area contributed by atoms with Gasteiger partial charge in [0.15, 0.2) is 5.82 Å². The van der Waals surface area contributed by atoms with Crippen molar-refractivity contribution in [3.8, 4) is 11.5 Å². The molecule has 5 heteroatoms. The molecule has 2 rings (SSSR count). The van der Waals surface area contributed by atoms with Gasteiger partial charge in [0, 0.05) is 29.5 Å². The maximum Gasteiger partial charge on any atom is 0.181 e. The topological polar surface area (TPSA) is 50.7 Å². The van der Waals surface area contributed by atoms with Crippen LogP contribution in [0.2, 0.25) is 0 Å². The fourth-order valence-corrected chi connectivity index (χ4v) is 2.24. The number of nitrogens with zero attached hydrogens (tertiary/aromatic N) is 3. The van der Waals surface area contributed by atoms with Crippen molar-refractivity contribution < 1.29 is 0 Å². The van der Waals surface area contributed by atoms with Crippen LogP contribution < -0.4 is 5.32 Å². The Morgan fingerprint density at radius 3 is 2.74 bits per heavy atom. The fraction of sp³-hybridized carbons (Fsp3) is 0.357. The molecule has 100 valence electrons. The molecule has 0 bridgehead atoms. The SMILES string of the molecule is CNc1cc(CC(C)C)nc(-c2ncccc2Br)n1. The van der Waals surface area contributed by atoms with E-state index >= 15 is 0 Å². The quantitative estimate of drug-likeness (QED) is 0.936. The van der Waals surface area contributed by atoms with E-state index in [0.29, 0.717) is 11.7 Å². The molecule has 0 aliphatic carbocycles. The van der Waals surface area contributed by atoms with Gasteiger partial charge in [0.25, 0.3) is 0 Å². The van der Waals surface area contributed by atoms with Gasteiger partial charge >= 0.3 is 0 Å². The van der Waals surface area contributed by atoms with E-state index < -0.39 is 0 Å². The Labute approximate surface area is 121 Å². The molecule has 4 nitrogen and oxygen atoms in total. The summed E-state index contributed by atoms with van der Waals surface area (Å²) >= 11 is 3.49. The molecule has 0 spiro atoms. The lowest BCUT2D eigenvalue weighted by Crippen LogP contribution is -2.04. The Balaban J connectivity index is 2.48. The summed E-state index contributed by atoms with van der Waals surface area (Å²) in [6.07, 6.45) is 2.67. The average Bonchev–Trinajstić information content (AvgIpc) is 2.38. The first-order chi connectivity index (χ1) is 9.10. The van der Waals surface area contributed by atoms with Crippen molar-refractivity contribution in [1.82, 2.24) is 15.0 Å². The zero-order chi connectivity index (χ0) is 13.8. The summed E-state index contributed by atoms with van der Waals surface area (Å²) in [5.74, 6) is 2.02. The Bertz CT molecular complexity index is 569. The second-order valence-electron chi connectivity index (χ2n) is 4.75. The zero-order valence-electron chi connectivity index (χ0n) is 11.3. The van der Waals surface area contributed by atoms with Crippen LogP contribution in [0.3, 0.4) is 0 Å². The van der Waals surface area contributed by atoms with Crippen LogP contribution in [0.15, 0.2) is 28.9 Å². The van der Waals surface area contributed by atoms with Gasteiger partial charge in [-0.1, -0.05) is 13.8 Å². The zero-order valence-corrected chi connectivity index (χ0v) is 12.9. The predicted octanol–water partition coefficient (Wildman–Crippen LogP) is 3.54. The highest BCUT2D eigenvalue weighted by Gasteiger charge is 2.11. The van der Waals surface area contributed by atoms with Gasteiger partial charge in [-0.25, -0.2) is 9.97 Å². The molecule has 0 amide bonds. The Morgan fingerprint density at radius 1 is 1.32 bits per heavy atom. The number of hydrogen-bond acceptors (Lipinski definition) is 4. The van der Waals surface area contributed by atoms with Crippen LogP contribution >= 0.6 is 15.9 Å². The molecule has 0 radical (unpaired) electrons. The minimum atomic E-state index is 0.555. The van der Waals surface area contributed by atoms with Crippen LogP contribution in [0, 0.1) is 5.92 Å². The monoisotopic (exact) mass is 320 g/mol. The van der Waals surface area contributed by atoms with Crippen LogP contribution in [-0.2, 0) is 6.42 Å². The molecule has 0 aliphatic heterocycles. The van der Waals surface area contributed by atoms with Crippen molar-refractivity contribution in [2.75, 3.05) is 12.4 Å². The molecule has 2 aromatic heterocycles. The molecule has 0 fully saturated rings. The van der Waals surface area contributed by atoms with E-state index in [-0.39, 0.29) is 0 Å². The van der Waals surface area contributed by atoms with Crippen molar-refractivity contribution in [3.63, 3.8) is 0 Å². The van der Waals surface area contributed by atoms with Crippen LogP contribution in [0.4, 0.5) is 5.82 Å². The van der Waals surface area contributed by atoms with Crippen LogP contribution in [0.1, 0.15) is 19.5 Å². The van der Waals surface area contributed by atoms with E-state index in [1.54, 1.807) is 6.20 Å². The van der Waals surface area contributed by atoms with Gasteiger partial charge in [0.1, 0.15) is 11.5 Å². The second-order valence-corrected chi connectivity index (χ2v) is 5.60. The third kappa shape index (κ3) is 3.50. The maximum atomic E-state index is 4.61. The lowest BCUT2D eigenvalue weighted by molar-refractivity contribution is 0.634. The summed E-state index contributed by atoms with van der Waals surface area (Å²) in [6, 6.07) is 5.81. The fourth-order valence-electron chi connectivity index (χ4n) is 1.80. The average molecular weight is 321 g/mol. The first-order valence-corrected chi connectivity index (χ1v) is 7.06. The third-order valence-electron chi connectivity index (χ3n) is 2.62. The normalized spacial score (nSPS) is 10.8. The number of halogens is 1. The molecule has 0 saturated heterocycles. The Kier molecular flexibility index (Phi) is 4.47. The number of rotatable bonds is 4. The van der Waals surface area contributed by atoms with E-state index in [1.807, 2.05) is 25.2 Å². The van der Waals surface area contributed by atoms with Gasteiger partial charge < -0.3 is 5.32 Å². The van der Waals surface area contributed by atoms with Gasteiger partial charge in [0.2, 0.25) is 0 Å². The Morgan fingerprint density at radius 2 is 2.11 bits per heavy atom. The second kappa shape index (κ2) is 6.10. The largest absolute Gasteiger partial charge is 0.373 e. The van der Waals surface area contributed by atoms with Crippen molar-refractivity contribution in [2.45, 2.75) is 20.3 Å². The number of hydrogen-bond donors (Lipinski definition) is 1. The summed E-state index contributed by atoms with van der Waals surface area (Å²) in [5, 5.41) is 3.08. The first kappa shape index (κ1) is 13.9. The van der Waals surface area contributed by atoms with Crippen molar-refractivity contribution >= 4 is 21.7 Å². The highest BCUT2D eigenvalue weighted by atomic mass is 79.9. The molecule has 2 heterocycles. The number of anilines is 1. The number of nitrogens with one attached hydrogen (secondary N) is 1. The summed E-state index contributed by atoms with van der Waals surface area (Å²) in [5.41, 5.74) is 1.80. The van der Waals surface area contributed by atoms with Crippen molar-refractivity contribution in [3.05, 3.63) is 34.6 Å². The van der Waals surface area contributed by atoms with Gasteiger partial charge in [-0.2, -0.15) is 0 Å². The summed E-state index contributed by atoms with van der Waals surface area (Å²) in [4.78, 5) is 13.4. The standard InChI is InChI=1S/C14H17BrN4/c1-9(2)7-10-8-12(16-3)19-14(18-10)13-11(15)5-4-6-17-13/h4-6,8-9H,7H2,1-3H3,(H,16,18,19). The van der Waals surface area contributed by atoms with Crippen LogP contribution in [0.25, 0.3) is 11.5 Å². The minimum absolute atomic E-state index is 0.555. The third-order valence-corrected chi connectivity index (χ3v) is 3.26. The molecular formula is C14H17BrN4. The van der Waals surface area contributed by atoms with Crippen molar-refractivity contribution in [1.29, 1.82) is 0 Å². The van der Waals surface area contributed by atoms with Crippen LogP contribution in [0.5, 0.6) is 0 Å². The molecule has 2 aromatic rings. The van der Waals surface area contributed by atoms with Crippen LogP contribution in [-0.4, -0.2) is 22.0 Å². The van der Waals surface area contributed by atoms with Gasteiger partial charge in [-0.05, 0) is 40.4 Å². The van der Waals surface area contributed by atoms with Gasteiger partial charge in [-0.3, -0.25) is 4.98 Å². The molecule has 19 heavy (non-hydrogen) atoms. The van der Waals surface area contributed by atoms with Gasteiger partial charge in [0.05, 0.1) is 0 Å². The molecule has 0 aliphatic rings. The summed E-state index contributed by atoms with van der Waals surface area (Å²) < 4.78 is 0.902. The first-order valence-electron chi connectivity index (χ1n) is 6.26. The number of pyridine rings is 1. The van der Waals surface area contributed by atoms with E-state index in [9.17, 15) is 0 Å². The molecule has 0 atom stereocenters. The maximum absolute atomic E-state index is 4.61. The van der Waals surface area contributed by atoms with E-state index in [1.165, 1.54) is 0 Å². The molecule has 1 N–H and O–H groups in total. The summed E-state index contributed by atoms with van der Waals surface area (Å²) in [6.45, 7) is 4.36. The number of aromatic nitrogens is 3. The smallest absolute Gasteiger partial charge is 0.181 e. The Hall–Kier alpha value is -1.49. The van der Waals surface area contributed by atoms with Gasteiger partial charge in [-0.15, -0.1) is 0 Å². The predicted molar refractivity (Wildman–Crippen MR) is 81.1 cm³/mol. The molecule has 0 unspecified atom stereocenters. The molecule has 0 saturated carbocycles. The molecular weight excluding hydrogens is 304 g/mol. The lowest BCUT2D eigenvalue weighted by atomic mass is 10.1. The van der Waals surface area contributed by atoms with E-state index in [4.69, 9.17) is 0 Å². The highest BCUT2D eigenvalue weighted by molar-refractivity contribution is 9.10.